The van der Waals surface area contributed by atoms with Crippen LogP contribution >= 0.6 is 0 Å². The van der Waals surface area contributed by atoms with Crippen LogP contribution in [0.5, 0.6) is 5.75 Å². The van der Waals surface area contributed by atoms with E-state index in [0.717, 1.165) is 28.3 Å². The van der Waals surface area contributed by atoms with Gasteiger partial charge in [0.05, 0.1) is 18.1 Å². The number of carbonyl (C=O) groups excluding carboxylic acids is 2. The van der Waals surface area contributed by atoms with Crippen molar-refractivity contribution >= 4 is 18.0 Å². The Bertz CT molecular complexity index is 1020. The summed E-state index contributed by atoms with van der Waals surface area (Å²) in [5.41, 5.74) is 1.93. The second-order valence-electron chi connectivity index (χ2n) is 8.73. The van der Waals surface area contributed by atoms with Gasteiger partial charge in [-0.1, -0.05) is 42.5 Å². The third-order valence-corrected chi connectivity index (χ3v) is 7.09. The zero-order valence-electron chi connectivity index (χ0n) is 16.4. The SMILES string of the molecule is O=C1[C@H]2[C@@H]3C=C[C@H]([C@@H]4C[C@H]34)[C@@H]2C(=O)N1/N=C\c1ccc(OCc2ccccc2)cc1. The highest BCUT2D eigenvalue weighted by atomic mass is 16.5. The van der Waals surface area contributed by atoms with Gasteiger partial charge in [0.1, 0.15) is 12.4 Å². The standard InChI is InChI=1S/C25H22N2O3/c28-24-22-18-10-11-19(21-12-20(18)21)23(22)25(29)27(24)26-13-15-6-8-17(9-7-15)30-14-16-4-2-1-3-5-16/h1-11,13,18-23H,12,14H2/b26-13-/t18-,19-,20-,21+,22+,23+/m1/s1. The average molecular weight is 398 g/mol. The highest BCUT2D eigenvalue weighted by molar-refractivity contribution is 6.06. The topological polar surface area (TPSA) is 59.0 Å². The summed E-state index contributed by atoms with van der Waals surface area (Å²) < 4.78 is 5.80. The minimum atomic E-state index is -0.206. The first-order valence-electron chi connectivity index (χ1n) is 10.6. The molecule has 0 spiro atoms. The Morgan fingerprint density at radius 1 is 0.900 bits per heavy atom. The van der Waals surface area contributed by atoms with Gasteiger partial charge in [0, 0.05) is 0 Å². The second-order valence-corrected chi connectivity index (χ2v) is 8.73. The first kappa shape index (κ1) is 17.6. The lowest BCUT2D eigenvalue weighted by Crippen LogP contribution is -2.40. The van der Waals surface area contributed by atoms with Crippen molar-refractivity contribution in [2.24, 2.45) is 40.6 Å². The number of rotatable bonds is 5. The van der Waals surface area contributed by atoms with E-state index in [9.17, 15) is 9.59 Å². The summed E-state index contributed by atoms with van der Waals surface area (Å²) in [6, 6.07) is 17.5. The summed E-state index contributed by atoms with van der Waals surface area (Å²) >= 11 is 0. The van der Waals surface area contributed by atoms with Crippen molar-refractivity contribution in [3.05, 3.63) is 77.9 Å². The lowest BCUT2D eigenvalue weighted by atomic mass is 9.63. The van der Waals surface area contributed by atoms with E-state index in [1.807, 2.05) is 54.6 Å². The summed E-state index contributed by atoms with van der Waals surface area (Å²) in [7, 11) is 0. The van der Waals surface area contributed by atoms with Gasteiger partial charge < -0.3 is 4.74 Å². The first-order valence-corrected chi connectivity index (χ1v) is 10.6. The molecular weight excluding hydrogens is 376 g/mol. The fourth-order valence-corrected chi connectivity index (χ4v) is 5.57. The Morgan fingerprint density at radius 2 is 1.53 bits per heavy atom. The average Bonchev–Trinajstić information content (AvgIpc) is 3.57. The fourth-order valence-electron chi connectivity index (χ4n) is 5.57. The van der Waals surface area contributed by atoms with E-state index in [2.05, 4.69) is 17.3 Å². The van der Waals surface area contributed by atoms with Crippen LogP contribution in [-0.4, -0.2) is 23.0 Å². The van der Waals surface area contributed by atoms with Crippen molar-refractivity contribution in [2.45, 2.75) is 13.0 Å². The third-order valence-electron chi connectivity index (χ3n) is 7.09. The van der Waals surface area contributed by atoms with Crippen molar-refractivity contribution < 1.29 is 14.3 Å². The van der Waals surface area contributed by atoms with Crippen LogP contribution in [0.25, 0.3) is 0 Å². The van der Waals surface area contributed by atoms with Crippen molar-refractivity contribution in [3.8, 4) is 5.75 Å². The van der Waals surface area contributed by atoms with Gasteiger partial charge in [-0.05, 0) is 65.5 Å². The highest BCUT2D eigenvalue weighted by Crippen LogP contribution is 2.65. The zero-order chi connectivity index (χ0) is 20.2. The lowest BCUT2D eigenvalue weighted by Gasteiger charge is -2.37. The quantitative estimate of drug-likeness (QED) is 0.439. The van der Waals surface area contributed by atoms with Gasteiger partial charge in [-0.3, -0.25) is 9.59 Å². The summed E-state index contributed by atoms with van der Waals surface area (Å²) in [6.07, 6.45) is 7.10. The molecule has 2 aromatic carbocycles. The van der Waals surface area contributed by atoms with Crippen LogP contribution in [0.15, 0.2) is 71.9 Å². The molecule has 0 unspecified atom stereocenters. The maximum atomic E-state index is 12.9. The van der Waals surface area contributed by atoms with E-state index in [1.54, 1.807) is 6.21 Å². The predicted molar refractivity (Wildman–Crippen MR) is 111 cm³/mol. The monoisotopic (exact) mass is 398 g/mol. The molecular formula is C25H22N2O3. The summed E-state index contributed by atoms with van der Waals surface area (Å²) in [4.78, 5) is 25.9. The van der Waals surface area contributed by atoms with Crippen LogP contribution in [0.2, 0.25) is 0 Å². The number of amides is 2. The Labute approximate surface area is 175 Å². The number of carbonyl (C=O) groups is 2. The maximum Gasteiger partial charge on any atom is 0.254 e. The van der Waals surface area contributed by atoms with Crippen LogP contribution < -0.4 is 4.74 Å². The molecule has 0 N–H and O–H groups in total. The number of ether oxygens (including phenoxy) is 1. The van der Waals surface area contributed by atoms with E-state index >= 15 is 0 Å². The molecule has 30 heavy (non-hydrogen) atoms. The second kappa shape index (κ2) is 6.66. The molecule has 1 aliphatic heterocycles. The van der Waals surface area contributed by atoms with Crippen LogP contribution in [0.3, 0.4) is 0 Å². The van der Waals surface area contributed by atoms with E-state index in [0.29, 0.717) is 18.4 Å². The smallest absolute Gasteiger partial charge is 0.254 e. The van der Waals surface area contributed by atoms with Gasteiger partial charge in [0.2, 0.25) is 0 Å². The number of hydrazone groups is 1. The predicted octanol–water partition coefficient (Wildman–Crippen LogP) is 3.65. The zero-order valence-corrected chi connectivity index (χ0v) is 16.4. The van der Waals surface area contributed by atoms with Gasteiger partial charge in [-0.2, -0.15) is 10.1 Å². The van der Waals surface area contributed by atoms with Gasteiger partial charge in [-0.25, -0.2) is 0 Å². The van der Waals surface area contributed by atoms with Crippen LogP contribution in [0.1, 0.15) is 17.5 Å². The number of hydrogen-bond acceptors (Lipinski definition) is 4. The van der Waals surface area contributed by atoms with Crippen molar-refractivity contribution in [3.63, 3.8) is 0 Å². The molecule has 1 saturated heterocycles. The van der Waals surface area contributed by atoms with E-state index < -0.39 is 0 Å². The van der Waals surface area contributed by atoms with Gasteiger partial charge in [0.25, 0.3) is 11.8 Å². The fraction of sp³-hybridized carbons (Fsp3) is 0.320. The van der Waals surface area contributed by atoms with E-state index in [4.69, 9.17) is 4.74 Å². The van der Waals surface area contributed by atoms with Gasteiger partial charge in [0.15, 0.2) is 0 Å². The molecule has 2 bridgehead atoms. The summed E-state index contributed by atoms with van der Waals surface area (Å²) in [6.45, 7) is 0.506. The molecule has 2 aromatic rings. The number of hydrogen-bond donors (Lipinski definition) is 0. The van der Waals surface area contributed by atoms with Crippen molar-refractivity contribution in [1.29, 1.82) is 0 Å². The Morgan fingerprint density at radius 3 is 2.17 bits per heavy atom. The Hall–Kier alpha value is -3.21. The number of benzene rings is 2. The minimum absolute atomic E-state index is 0.131. The molecule has 5 nitrogen and oxygen atoms in total. The van der Waals surface area contributed by atoms with Crippen LogP contribution in [-0.2, 0) is 16.2 Å². The molecule has 5 heteroatoms. The minimum Gasteiger partial charge on any atom is -0.489 e. The van der Waals surface area contributed by atoms with E-state index in [-0.39, 0.29) is 35.5 Å². The highest BCUT2D eigenvalue weighted by Gasteiger charge is 2.67. The number of nitrogens with zero attached hydrogens (tertiary/aromatic N) is 2. The maximum absolute atomic E-state index is 12.9. The third kappa shape index (κ3) is 2.72. The molecule has 0 radical (unpaired) electrons. The molecule has 6 atom stereocenters. The summed E-state index contributed by atoms with van der Waals surface area (Å²) in [5, 5.41) is 5.40. The molecule has 1 heterocycles. The van der Waals surface area contributed by atoms with Crippen molar-refractivity contribution in [1.82, 2.24) is 5.01 Å². The molecule has 2 amide bonds. The van der Waals surface area contributed by atoms with E-state index in [1.165, 1.54) is 0 Å². The largest absolute Gasteiger partial charge is 0.489 e. The lowest BCUT2D eigenvalue weighted by molar-refractivity contribution is -0.140. The molecule has 2 saturated carbocycles. The van der Waals surface area contributed by atoms with Crippen LogP contribution in [0.4, 0.5) is 0 Å². The Balaban J connectivity index is 1.13. The number of allylic oxidation sites excluding steroid dienone is 2. The molecule has 150 valence electrons. The molecule has 0 aromatic heterocycles. The van der Waals surface area contributed by atoms with Crippen molar-refractivity contribution in [2.75, 3.05) is 0 Å². The molecule has 3 fully saturated rings. The molecule has 4 aliphatic carbocycles. The van der Waals surface area contributed by atoms with Gasteiger partial charge in [-0.15, -0.1) is 0 Å². The first-order chi connectivity index (χ1) is 14.7. The Kier molecular flexibility index (Phi) is 3.91. The summed E-state index contributed by atoms with van der Waals surface area (Å²) in [5.74, 6) is 1.74. The van der Waals surface area contributed by atoms with Gasteiger partial charge >= 0.3 is 0 Å². The molecule has 7 rings (SSSR count). The molecule has 5 aliphatic rings. The normalized spacial score (nSPS) is 33.1. The number of imide groups is 1. The van der Waals surface area contributed by atoms with Crippen LogP contribution in [0, 0.1) is 35.5 Å².